The number of amides is 1. The fraction of sp³-hybridized carbons (Fsp3) is 0.259. The number of benzene rings is 2. The third-order valence-corrected chi connectivity index (χ3v) is 7.26. The molecule has 1 aliphatic rings. The van der Waals surface area contributed by atoms with E-state index in [2.05, 4.69) is 21.3 Å². The Hall–Kier alpha value is -4.36. The third kappa shape index (κ3) is 5.65. The number of piperidine rings is 1. The summed E-state index contributed by atoms with van der Waals surface area (Å²) in [6.45, 7) is 4.60. The number of aromatic nitrogens is 4. The van der Waals surface area contributed by atoms with Gasteiger partial charge >= 0.3 is 0 Å². The van der Waals surface area contributed by atoms with E-state index in [1.54, 1.807) is 39.9 Å². The standard InChI is InChI=1S/C27H30FN7O4S/c1-4-23(36)34-13-7-8-17(15-34)35-27-24(26(29)30-16-31-27)25(32-35)19-12-11-18(14-20(19)28)39-22-10-6-5-9-21(22)33-40(2,3,37)38/h4-6,9-12,14,16-17H,1,7-8,13,15H2,2-3H3,(H2,29,30,31)(H2,33,37,38). The second kappa shape index (κ2) is 9.99. The highest BCUT2D eigenvalue weighted by molar-refractivity contribution is 8.15. The van der Waals surface area contributed by atoms with Gasteiger partial charge in [0.25, 0.3) is 0 Å². The van der Waals surface area contributed by atoms with Crippen molar-refractivity contribution in [3.63, 3.8) is 0 Å². The molecule has 0 spiro atoms. The fourth-order valence-corrected chi connectivity index (χ4v) is 5.55. The minimum Gasteiger partial charge on any atom is -0.455 e. The third-order valence-electron chi connectivity index (χ3n) is 6.46. The van der Waals surface area contributed by atoms with Crippen LogP contribution in [0.4, 0.5) is 15.9 Å². The normalized spacial score (nSPS) is 16.8. The molecule has 5 rings (SSSR count). The number of nitrogen functional groups attached to an aromatic ring is 1. The second-order valence-electron chi connectivity index (χ2n) is 10.1. The maximum Gasteiger partial charge on any atom is 0.246 e. The van der Waals surface area contributed by atoms with Crippen LogP contribution in [0.1, 0.15) is 18.9 Å². The number of anilines is 2. The summed E-state index contributed by atoms with van der Waals surface area (Å²) in [7, 11) is -4.10. The number of para-hydroxylation sites is 2. The lowest BCUT2D eigenvalue weighted by molar-refractivity contribution is -0.127. The number of hydrogen-bond acceptors (Lipinski definition) is 7. The van der Waals surface area contributed by atoms with Crippen LogP contribution in [-0.4, -0.2) is 64.9 Å². The average molecular weight is 568 g/mol. The van der Waals surface area contributed by atoms with Crippen LogP contribution in [0.15, 0.2) is 61.4 Å². The number of nitrogens with one attached hydrogen (secondary N) is 1. The lowest BCUT2D eigenvalue weighted by Crippen LogP contribution is -2.40. The molecule has 13 heteroatoms. The quantitative estimate of drug-likeness (QED) is 0.281. The Kier molecular flexibility index (Phi) is 6.80. The number of carbonyl (C=O) groups excluding carboxylic acids is 1. The molecule has 4 aromatic rings. The Morgan fingerprint density at radius 3 is 2.77 bits per heavy atom. The number of fused-ring (bicyclic) bond motifs is 1. The number of carbonyl (C=O) groups is 1. The number of likely N-dealkylation sites (tertiary alicyclic amines) is 1. The first kappa shape index (κ1) is 27.2. The second-order valence-corrected chi connectivity index (χ2v) is 13.9. The monoisotopic (exact) mass is 567 g/mol. The molecule has 1 unspecified atom stereocenters. The van der Waals surface area contributed by atoms with Crippen LogP contribution in [0, 0.1) is 5.82 Å². The van der Waals surface area contributed by atoms with Crippen molar-refractivity contribution in [3.8, 4) is 22.8 Å². The van der Waals surface area contributed by atoms with Crippen molar-refractivity contribution >= 4 is 38.0 Å². The van der Waals surface area contributed by atoms with Gasteiger partial charge in [0.1, 0.15) is 29.4 Å². The first-order chi connectivity index (χ1) is 18.9. The summed E-state index contributed by atoms with van der Waals surface area (Å²) in [5, 5.41) is 5.13. The number of nitrogens with two attached hydrogens (primary N) is 1. The fourth-order valence-electron chi connectivity index (χ4n) is 4.75. The molecular weight excluding hydrogens is 537 g/mol. The van der Waals surface area contributed by atoms with Crippen molar-refractivity contribution in [2.75, 3.05) is 36.1 Å². The molecule has 0 aliphatic carbocycles. The summed E-state index contributed by atoms with van der Waals surface area (Å²) in [4.78, 5) is 22.4. The van der Waals surface area contributed by atoms with Crippen molar-refractivity contribution in [3.05, 3.63) is 67.3 Å². The molecule has 1 fully saturated rings. The van der Waals surface area contributed by atoms with Crippen molar-refractivity contribution in [2.24, 2.45) is 0 Å². The van der Waals surface area contributed by atoms with E-state index in [0.29, 0.717) is 24.1 Å². The number of halogens is 1. The summed E-state index contributed by atoms with van der Waals surface area (Å²) in [5.74, 6) is -0.219. The van der Waals surface area contributed by atoms with Gasteiger partial charge in [-0.05, 0) is 43.2 Å². The Morgan fingerprint density at radius 1 is 1.27 bits per heavy atom. The molecule has 2 aromatic heterocycles. The molecule has 1 amide bonds. The van der Waals surface area contributed by atoms with Gasteiger partial charge in [0.05, 0.1) is 17.1 Å². The van der Waals surface area contributed by atoms with E-state index in [1.807, 2.05) is 0 Å². The predicted molar refractivity (Wildman–Crippen MR) is 153 cm³/mol. The minimum atomic E-state index is -4.10. The Labute approximate surface area is 230 Å². The van der Waals surface area contributed by atoms with Crippen molar-refractivity contribution < 1.29 is 22.7 Å². The molecule has 11 nitrogen and oxygen atoms in total. The lowest BCUT2D eigenvalue weighted by Gasteiger charge is -2.36. The van der Waals surface area contributed by atoms with Gasteiger partial charge in [0, 0.05) is 37.2 Å². The lowest BCUT2D eigenvalue weighted by atomic mass is 10.1. The summed E-state index contributed by atoms with van der Waals surface area (Å²) in [6, 6.07) is 10.7. The zero-order valence-electron chi connectivity index (χ0n) is 22.1. The van der Waals surface area contributed by atoms with Gasteiger partial charge in [-0.2, -0.15) is 9.31 Å². The maximum absolute atomic E-state index is 15.6. The molecule has 0 saturated carbocycles. The average Bonchev–Trinajstić information content (AvgIpc) is 3.29. The van der Waals surface area contributed by atoms with Crippen LogP contribution < -0.4 is 15.2 Å². The van der Waals surface area contributed by atoms with Gasteiger partial charge in [0.2, 0.25) is 5.91 Å². The molecule has 0 radical (unpaired) electrons. The van der Waals surface area contributed by atoms with Crippen molar-refractivity contribution in [1.82, 2.24) is 24.6 Å². The van der Waals surface area contributed by atoms with Gasteiger partial charge in [-0.3, -0.25) is 14.1 Å². The molecule has 40 heavy (non-hydrogen) atoms. The summed E-state index contributed by atoms with van der Waals surface area (Å²) in [5.41, 5.74) is 7.38. The molecule has 1 atom stereocenters. The predicted octanol–water partition coefficient (Wildman–Crippen LogP) is 4.24. The zero-order valence-corrected chi connectivity index (χ0v) is 22.9. The summed E-state index contributed by atoms with van der Waals surface area (Å²) < 4.78 is 48.4. The molecule has 3 heterocycles. The highest BCUT2D eigenvalue weighted by Crippen LogP contribution is 2.37. The van der Waals surface area contributed by atoms with E-state index >= 15 is 4.39 Å². The van der Waals surface area contributed by atoms with Gasteiger partial charge < -0.3 is 15.4 Å². The van der Waals surface area contributed by atoms with E-state index in [-0.39, 0.29) is 46.2 Å². The van der Waals surface area contributed by atoms with Crippen LogP contribution in [0.3, 0.4) is 0 Å². The van der Waals surface area contributed by atoms with Gasteiger partial charge in [-0.15, -0.1) is 9.53 Å². The Morgan fingerprint density at radius 2 is 2.05 bits per heavy atom. The summed E-state index contributed by atoms with van der Waals surface area (Å²) in [6.07, 6.45) is 6.50. The Bertz CT molecular complexity index is 1690. The first-order valence-electron chi connectivity index (χ1n) is 12.5. The molecule has 2 aromatic carbocycles. The minimum absolute atomic E-state index is 0.155. The number of rotatable bonds is 7. The van der Waals surface area contributed by atoms with Gasteiger partial charge in [-0.25, -0.2) is 19.0 Å². The van der Waals surface area contributed by atoms with E-state index in [4.69, 9.17) is 15.6 Å². The molecule has 4 N–H and O–H groups in total. The number of nitrogens with zero attached hydrogens (tertiary/aromatic N) is 5. The van der Waals surface area contributed by atoms with Gasteiger partial charge in [-0.1, -0.05) is 18.7 Å². The van der Waals surface area contributed by atoms with E-state index in [1.165, 1.54) is 37.0 Å². The number of ether oxygens (including phenoxy) is 1. The van der Waals surface area contributed by atoms with Crippen LogP contribution in [0.2, 0.25) is 0 Å². The zero-order chi connectivity index (χ0) is 28.7. The number of hydrogen-bond donors (Lipinski definition) is 3. The van der Waals surface area contributed by atoms with E-state index < -0.39 is 15.3 Å². The highest BCUT2D eigenvalue weighted by atomic mass is 32.3. The molecule has 0 bridgehead atoms. The van der Waals surface area contributed by atoms with Crippen molar-refractivity contribution in [2.45, 2.75) is 18.9 Å². The maximum atomic E-state index is 15.6. The van der Waals surface area contributed by atoms with E-state index in [9.17, 15) is 13.6 Å². The van der Waals surface area contributed by atoms with Crippen LogP contribution >= 0.6 is 0 Å². The first-order valence-corrected chi connectivity index (χ1v) is 15.3. The topological polar surface area (TPSA) is 148 Å². The van der Waals surface area contributed by atoms with Crippen LogP contribution in [-0.2, 0) is 14.3 Å². The molecule has 1 aliphatic heterocycles. The van der Waals surface area contributed by atoms with E-state index in [0.717, 1.165) is 12.8 Å². The summed E-state index contributed by atoms with van der Waals surface area (Å²) >= 11 is 0. The Balaban J connectivity index is 1.50. The molecule has 1 saturated heterocycles. The van der Waals surface area contributed by atoms with Crippen molar-refractivity contribution in [1.29, 1.82) is 0 Å². The van der Waals surface area contributed by atoms with Crippen LogP contribution in [0.25, 0.3) is 22.3 Å². The molecular formula is C27H30FN7O4S. The van der Waals surface area contributed by atoms with Gasteiger partial charge in [0.15, 0.2) is 11.4 Å². The van der Waals surface area contributed by atoms with Crippen LogP contribution in [0.5, 0.6) is 11.5 Å². The molecule has 210 valence electrons. The smallest absolute Gasteiger partial charge is 0.246 e. The largest absolute Gasteiger partial charge is 0.455 e. The SMILES string of the molecule is C=CC(=O)N1CCCC(n2nc(-c3ccc(Oc4ccccc4NS(C)(C)(=O)O)cc3F)c3c(N)ncnc32)C1. The highest BCUT2D eigenvalue weighted by Gasteiger charge is 2.28.